The van der Waals surface area contributed by atoms with Gasteiger partial charge < -0.3 is 10.2 Å². The molecule has 0 unspecified atom stereocenters. The maximum Gasteiger partial charge on any atom is 0.222 e. The first kappa shape index (κ1) is 17.5. The van der Waals surface area contributed by atoms with Gasteiger partial charge >= 0.3 is 0 Å². The van der Waals surface area contributed by atoms with Crippen molar-refractivity contribution in [3.05, 3.63) is 48.5 Å². The summed E-state index contributed by atoms with van der Waals surface area (Å²) in [6.07, 6.45) is 5.41. The molecule has 3 nitrogen and oxygen atoms in total. The molecular weight excluding hydrogens is 340 g/mol. The number of para-hydroxylation sites is 2. The molecule has 1 amide bonds. The maximum absolute atomic E-state index is 12.6. The summed E-state index contributed by atoms with van der Waals surface area (Å²) < 4.78 is 0. The highest BCUT2D eigenvalue weighted by atomic mass is 32.2. The van der Waals surface area contributed by atoms with Crippen LogP contribution < -0.4 is 10.2 Å². The van der Waals surface area contributed by atoms with E-state index < -0.39 is 0 Å². The van der Waals surface area contributed by atoms with Crippen molar-refractivity contribution in [3.8, 4) is 0 Å². The molecule has 2 atom stereocenters. The van der Waals surface area contributed by atoms with Crippen molar-refractivity contribution in [2.75, 3.05) is 11.4 Å². The van der Waals surface area contributed by atoms with Crippen LogP contribution in [0, 0.1) is 5.92 Å². The fourth-order valence-electron chi connectivity index (χ4n) is 4.05. The molecule has 1 saturated carbocycles. The second-order valence-electron chi connectivity index (χ2n) is 7.37. The molecule has 0 spiro atoms. The van der Waals surface area contributed by atoms with Gasteiger partial charge in [0.05, 0.1) is 11.4 Å². The lowest BCUT2D eigenvalue weighted by Gasteiger charge is -2.33. The summed E-state index contributed by atoms with van der Waals surface area (Å²) in [5.74, 6) is 0.775. The Balaban J connectivity index is 1.47. The van der Waals surface area contributed by atoms with Gasteiger partial charge in [0, 0.05) is 28.8 Å². The minimum Gasteiger partial charge on any atom is -0.353 e. The van der Waals surface area contributed by atoms with E-state index in [2.05, 4.69) is 65.7 Å². The lowest BCUT2D eigenvalue weighted by atomic mass is 9.86. The standard InChI is InChI=1S/C22H26N2OS/c1-16-8-2-3-9-17(16)23-22(25)14-15-24-18-10-4-6-12-20(18)26-21-13-7-5-11-19(21)24/h4-7,10-13,16-17H,2-3,8-9,14-15H2,1H3,(H,23,25)/t16-,17+/m0/s1. The molecule has 0 aromatic heterocycles. The third-order valence-electron chi connectivity index (χ3n) is 5.55. The highest BCUT2D eigenvalue weighted by Gasteiger charge is 2.25. The van der Waals surface area contributed by atoms with Gasteiger partial charge in [-0.05, 0) is 43.0 Å². The van der Waals surface area contributed by atoms with Gasteiger partial charge in [-0.2, -0.15) is 0 Å². The first-order valence-electron chi connectivity index (χ1n) is 9.65. The molecule has 1 N–H and O–H groups in total. The Hall–Kier alpha value is -1.94. The van der Waals surface area contributed by atoms with Crippen LogP contribution in [-0.4, -0.2) is 18.5 Å². The lowest BCUT2D eigenvalue weighted by Crippen LogP contribution is -2.42. The smallest absolute Gasteiger partial charge is 0.222 e. The number of benzene rings is 2. The molecule has 2 aromatic carbocycles. The van der Waals surface area contributed by atoms with Gasteiger partial charge in [-0.15, -0.1) is 0 Å². The Labute approximate surface area is 160 Å². The van der Waals surface area contributed by atoms with E-state index in [0.29, 0.717) is 24.9 Å². The molecule has 4 rings (SSSR count). The molecular formula is C22H26N2OS. The van der Waals surface area contributed by atoms with Crippen LogP contribution in [0.3, 0.4) is 0 Å². The van der Waals surface area contributed by atoms with Crippen LogP contribution in [0.4, 0.5) is 11.4 Å². The molecule has 0 bridgehead atoms. The van der Waals surface area contributed by atoms with Gasteiger partial charge in [0.1, 0.15) is 0 Å². The minimum absolute atomic E-state index is 0.178. The van der Waals surface area contributed by atoms with Crippen molar-refractivity contribution in [1.82, 2.24) is 5.32 Å². The van der Waals surface area contributed by atoms with Crippen LogP contribution in [0.2, 0.25) is 0 Å². The average Bonchev–Trinajstić information content (AvgIpc) is 2.67. The van der Waals surface area contributed by atoms with Crippen LogP contribution in [0.5, 0.6) is 0 Å². The Bertz CT molecular complexity index is 746. The SMILES string of the molecule is C[C@H]1CCCC[C@H]1NC(=O)CCN1c2ccccc2Sc2ccccc21. The molecule has 2 aliphatic rings. The summed E-state index contributed by atoms with van der Waals surface area (Å²) in [6, 6.07) is 17.3. The third-order valence-corrected chi connectivity index (χ3v) is 6.68. The van der Waals surface area contributed by atoms with Crippen molar-refractivity contribution in [2.45, 2.75) is 54.9 Å². The van der Waals surface area contributed by atoms with Crippen molar-refractivity contribution < 1.29 is 4.79 Å². The van der Waals surface area contributed by atoms with Crippen molar-refractivity contribution in [2.24, 2.45) is 5.92 Å². The summed E-state index contributed by atoms with van der Waals surface area (Å²) in [6.45, 7) is 2.97. The van der Waals surface area contributed by atoms with Crippen LogP contribution in [0.25, 0.3) is 0 Å². The summed E-state index contributed by atoms with van der Waals surface area (Å²) in [5.41, 5.74) is 2.41. The van der Waals surface area contributed by atoms with Crippen LogP contribution in [0.15, 0.2) is 58.3 Å². The molecule has 0 saturated heterocycles. The van der Waals surface area contributed by atoms with E-state index >= 15 is 0 Å². The van der Waals surface area contributed by atoms with Gasteiger partial charge in [0.2, 0.25) is 5.91 Å². The number of anilines is 2. The fourth-order valence-corrected chi connectivity index (χ4v) is 5.14. The number of nitrogens with zero attached hydrogens (tertiary/aromatic N) is 1. The van der Waals surface area contributed by atoms with E-state index in [4.69, 9.17) is 0 Å². The number of hydrogen-bond acceptors (Lipinski definition) is 3. The highest BCUT2D eigenvalue weighted by molar-refractivity contribution is 7.99. The zero-order valence-corrected chi connectivity index (χ0v) is 16.1. The van der Waals surface area contributed by atoms with Crippen LogP contribution in [-0.2, 0) is 4.79 Å². The number of rotatable bonds is 4. The molecule has 136 valence electrons. The first-order valence-corrected chi connectivity index (χ1v) is 10.5. The Morgan fingerprint density at radius 3 is 2.31 bits per heavy atom. The first-order chi connectivity index (χ1) is 12.7. The molecule has 4 heteroatoms. The van der Waals surface area contributed by atoms with Crippen molar-refractivity contribution in [1.29, 1.82) is 0 Å². The summed E-state index contributed by atoms with van der Waals surface area (Å²) >= 11 is 1.81. The second-order valence-corrected chi connectivity index (χ2v) is 8.46. The number of amides is 1. The molecule has 2 aromatic rings. The van der Waals surface area contributed by atoms with E-state index in [1.54, 1.807) is 0 Å². The van der Waals surface area contributed by atoms with Gasteiger partial charge in [-0.3, -0.25) is 4.79 Å². The van der Waals surface area contributed by atoms with E-state index in [0.717, 1.165) is 6.42 Å². The number of hydrogen-bond donors (Lipinski definition) is 1. The molecule has 1 fully saturated rings. The topological polar surface area (TPSA) is 32.3 Å². The largest absolute Gasteiger partial charge is 0.353 e. The van der Waals surface area contributed by atoms with Gasteiger partial charge in [0.25, 0.3) is 0 Å². The Morgan fingerprint density at radius 1 is 1.04 bits per heavy atom. The Kier molecular flexibility index (Phi) is 5.21. The minimum atomic E-state index is 0.178. The number of fused-ring (bicyclic) bond motifs is 2. The molecule has 1 heterocycles. The second kappa shape index (κ2) is 7.75. The molecule has 1 aliphatic carbocycles. The van der Waals surface area contributed by atoms with E-state index in [1.165, 1.54) is 40.4 Å². The summed E-state index contributed by atoms with van der Waals surface area (Å²) in [4.78, 5) is 17.4. The van der Waals surface area contributed by atoms with Gasteiger partial charge in [0.15, 0.2) is 0 Å². The predicted molar refractivity (Wildman–Crippen MR) is 108 cm³/mol. The molecule has 1 aliphatic heterocycles. The van der Waals surface area contributed by atoms with Crippen LogP contribution >= 0.6 is 11.8 Å². The molecule has 26 heavy (non-hydrogen) atoms. The van der Waals surface area contributed by atoms with Gasteiger partial charge in [-0.1, -0.05) is 55.8 Å². The van der Waals surface area contributed by atoms with Gasteiger partial charge in [-0.25, -0.2) is 0 Å². The van der Waals surface area contributed by atoms with Crippen molar-refractivity contribution in [3.63, 3.8) is 0 Å². The van der Waals surface area contributed by atoms with Crippen LogP contribution in [0.1, 0.15) is 39.0 Å². The zero-order chi connectivity index (χ0) is 17.9. The fraction of sp³-hybridized carbons (Fsp3) is 0.409. The zero-order valence-electron chi connectivity index (χ0n) is 15.3. The molecule has 0 radical (unpaired) electrons. The summed E-state index contributed by atoms with van der Waals surface area (Å²) in [7, 11) is 0. The van der Waals surface area contributed by atoms with E-state index in [-0.39, 0.29) is 5.91 Å². The third kappa shape index (κ3) is 3.61. The number of nitrogens with one attached hydrogen (secondary N) is 1. The van der Waals surface area contributed by atoms with E-state index in [9.17, 15) is 4.79 Å². The monoisotopic (exact) mass is 366 g/mol. The summed E-state index contributed by atoms with van der Waals surface area (Å²) in [5, 5.41) is 3.29. The number of carbonyl (C=O) groups is 1. The highest BCUT2D eigenvalue weighted by Crippen LogP contribution is 2.47. The quantitative estimate of drug-likeness (QED) is 0.789. The predicted octanol–water partition coefficient (Wildman–Crippen LogP) is 5.37. The maximum atomic E-state index is 12.6. The van der Waals surface area contributed by atoms with Crippen molar-refractivity contribution >= 4 is 29.0 Å². The normalized spacial score (nSPS) is 21.7. The lowest BCUT2D eigenvalue weighted by molar-refractivity contribution is -0.122. The Morgan fingerprint density at radius 2 is 1.65 bits per heavy atom. The average molecular weight is 367 g/mol. The number of carbonyl (C=O) groups excluding carboxylic acids is 1. The van der Waals surface area contributed by atoms with E-state index in [1.807, 2.05) is 11.8 Å².